The Morgan fingerprint density at radius 2 is 1.75 bits per heavy atom. The van der Waals surface area contributed by atoms with Crippen molar-refractivity contribution in [1.29, 1.82) is 0 Å². The molecule has 0 aromatic carbocycles. The largest absolute Gasteiger partial charge is 0.460 e. The molecule has 4 aliphatic carbocycles. The van der Waals surface area contributed by atoms with Crippen LogP contribution in [0.5, 0.6) is 0 Å². The Hall–Kier alpha value is -0.610. The fraction of sp³-hybridized carbons (Fsp3) is 0.964. The molecule has 0 bridgehead atoms. The van der Waals surface area contributed by atoms with Crippen LogP contribution in [0.15, 0.2) is 0 Å². The molecule has 10 atom stereocenters. The topological polar surface area (TPSA) is 66.8 Å². The van der Waals surface area contributed by atoms with Gasteiger partial charge < -0.3 is 14.9 Å². The van der Waals surface area contributed by atoms with E-state index in [2.05, 4.69) is 20.8 Å². The van der Waals surface area contributed by atoms with Crippen molar-refractivity contribution in [2.75, 3.05) is 0 Å². The first-order chi connectivity index (χ1) is 14.9. The van der Waals surface area contributed by atoms with Crippen LogP contribution in [-0.4, -0.2) is 34.0 Å². The van der Waals surface area contributed by atoms with E-state index in [1.54, 1.807) is 0 Å². The Bertz CT molecular complexity index is 698. The van der Waals surface area contributed by atoms with Gasteiger partial charge in [-0.25, -0.2) is 0 Å². The molecule has 4 heteroatoms. The molecule has 4 saturated carbocycles. The highest BCUT2D eigenvalue weighted by molar-refractivity contribution is 5.69. The highest BCUT2D eigenvalue weighted by Crippen LogP contribution is 2.68. The van der Waals surface area contributed by atoms with Crippen LogP contribution in [0.2, 0.25) is 0 Å². The summed E-state index contributed by atoms with van der Waals surface area (Å²) in [6.45, 7) is 12.9. The Labute approximate surface area is 195 Å². The Balaban J connectivity index is 1.47. The van der Waals surface area contributed by atoms with Crippen LogP contribution in [0, 0.1) is 46.3 Å². The molecule has 32 heavy (non-hydrogen) atoms. The van der Waals surface area contributed by atoms with Gasteiger partial charge in [-0.15, -0.1) is 0 Å². The van der Waals surface area contributed by atoms with Gasteiger partial charge in [0.25, 0.3) is 0 Å². The Kier molecular flexibility index (Phi) is 6.55. The van der Waals surface area contributed by atoms with E-state index < -0.39 is 5.60 Å². The molecule has 4 nitrogen and oxygen atoms in total. The summed E-state index contributed by atoms with van der Waals surface area (Å²) in [5, 5.41) is 21.9. The molecule has 4 fully saturated rings. The summed E-state index contributed by atoms with van der Waals surface area (Å²) in [4.78, 5) is 12.3. The molecule has 0 spiro atoms. The number of aliphatic hydroxyl groups excluding tert-OH is 2. The fourth-order valence-electron chi connectivity index (χ4n) is 9.10. The van der Waals surface area contributed by atoms with Gasteiger partial charge in [-0.2, -0.15) is 0 Å². The first-order valence-electron chi connectivity index (χ1n) is 13.4. The lowest BCUT2D eigenvalue weighted by Crippen LogP contribution is -2.58. The Morgan fingerprint density at radius 3 is 2.44 bits per heavy atom. The quantitative estimate of drug-likeness (QED) is 0.539. The third-order valence-corrected chi connectivity index (χ3v) is 10.7. The molecule has 0 aromatic heterocycles. The molecule has 4 rings (SSSR count). The van der Waals surface area contributed by atoms with Gasteiger partial charge in [0.05, 0.1) is 12.2 Å². The second kappa shape index (κ2) is 8.56. The minimum absolute atomic E-state index is 0.0358. The van der Waals surface area contributed by atoms with Gasteiger partial charge >= 0.3 is 5.97 Å². The van der Waals surface area contributed by atoms with E-state index in [1.165, 1.54) is 25.7 Å². The maximum absolute atomic E-state index is 12.3. The number of carbonyl (C=O) groups excluding carboxylic acids is 1. The molecule has 0 aliphatic heterocycles. The number of esters is 1. The van der Waals surface area contributed by atoms with E-state index in [0.29, 0.717) is 41.9 Å². The predicted molar refractivity (Wildman–Crippen MR) is 127 cm³/mol. The lowest BCUT2D eigenvalue weighted by molar-refractivity contribution is -0.175. The zero-order valence-electron chi connectivity index (χ0n) is 21.4. The lowest BCUT2D eigenvalue weighted by Gasteiger charge is -2.62. The molecule has 184 valence electrons. The fourth-order valence-corrected chi connectivity index (χ4v) is 9.10. The number of ether oxygens (including phenoxy) is 1. The minimum Gasteiger partial charge on any atom is -0.460 e. The van der Waals surface area contributed by atoms with Crippen LogP contribution in [0.4, 0.5) is 0 Å². The van der Waals surface area contributed by atoms with Crippen LogP contribution >= 0.6 is 0 Å². The standard InChI is InChI=1S/C28H48O4/c1-17(7-12-25(31)32-26(2,3)4)21-10-11-22-20-9-8-18-15-19(29)13-14-27(18,5)23(20)16-24(30)28(21,22)6/h17-24,29-30H,7-16H2,1-6H3/t17-,18-,19-,20?,21-,22+,23+,24+,27+,28-/m1/s1. The maximum atomic E-state index is 12.3. The van der Waals surface area contributed by atoms with Crippen molar-refractivity contribution >= 4 is 5.97 Å². The molecular formula is C28H48O4. The van der Waals surface area contributed by atoms with E-state index in [-0.39, 0.29) is 29.0 Å². The highest BCUT2D eigenvalue weighted by atomic mass is 16.6. The second-order valence-electron chi connectivity index (χ2n) is 13.5. The minimum atomic E-state index is -0.427. The van der Waals surface area contributed by atoms with Crippen molar-refractivity contribution in [1.82, 2.24) is 0 Å². The van der Waals surface area contributed by atoms with Crippen molar-refractivity contribution < 1.29 is 19.7 Å². The lowest BCUT2D eigenvalue weighted by atomic mass is 9.43. The van der Waals surface area contributed by atoms with E-state index in [9.17, 15) is 15.0 Å². The summed E-state index contributed by atoms with van der Waals surface area (Å²) in [5.41, 5.74) is -0.180. The first kappa shape index (κ1) is 24.5. The molecule has 0 amide bonds. The van der Waals surface area contributed by atoms with Crippen molar-refractivity contribution in [2.45, 2.75) is 124 Å². The van der Waals surface area contributed by atoms with Gasteiger partial charge in [0.2, 0.25) is 0 Å². The molecule has 2 N–H and O–H groups in total. The van der Waals surface area contributed by atoms with Gasteiger partial charge in [0.15, 0.2) is 0 Å². The summed E-state index contributed by atoms with van der Waals surface area (Å²) in [5.74, 6) is 3.31. The van der Waals surface area contributed by atoms with Crippen LogP contribution in [0.3, 0.4) is 0 Å². The number of rotatable bonds is 4. The van der Waals surface area contributed by atoms with Gasteiger partial charge in [0.1, 0.15) is 5.60 Å². The zero-order valence-corrected chi connectivity index (χ0v) is 21.4. The third-order valence-electron chi connectivity index (χ3n) is 10.7. The summed E-state index contributed by atoms with van der Waals surface area (Å²) in [6, 6.07) is 0. The van der Waals surface area contributed by atoms with Gasteiger partial charge in [0, 0.05) is 6.42 Å². The molecule has 1 unspecified atom stereocenters. The number of hydrogen-bond donors (Lipinski definition) is 2. The van der Waals surface area contributed by atoms with Crippen molar-refractivity contribution in [3.63, 3.8) is 0 Å². The number of aliphatic hydroxyl groups is 2. The molecular weight excluding hydrogens is 400 g/mol. The van der Waals surface area contributed by atoms with E-state index in [4.69, 9.17) is 4.74 Å². The number of carbonyl (C=O) groups is 1. The zero-order chi connectivity index (χ0) is 23.5. The van der Waals surface area contributed by atoms with Crippen LogP contribution in [0.25, 0.3) is 0 Å². The van der Waals surface area contributed by atoms with Crippen LogP contribution < -0.4 is 0 Å². The smallest absolute Gasteiger partial charge is 0.306 e. The van der Waals surface area contributed by atoms with E-state index >= 15 is 0 Å². The molecule has 4 aliphatic rings. The highest BCUT2D eigenvalue weighted by Gasteiger charge is 2.63. The summed E-state index contributed by atoms with van der Waals surface area (Å²) in [7, 11) is 0. The van der Waals surface area contributed by atoms with Crippen LogP contribution in [0.1, 0.15) is 106 Å². The van der Waals surface area contributed by atoms with Crippen molar-refractivity contribution in [3.8, 4) is 0 Å². The predicted octanol–water partition coefficient (Wildman–Crippen LogP) is 5.74. The van der Waals surface area contributed by atoms with Gasteiger partial charge in [-0.3, -0.25) is 4.79 Å². The maximum Gasteiger partial charge on any atom is 0.306 e. The van der Waals surface area contributed by atoms with E-state index in [0.717, 1.165) is 32.1 Å². The molecule has 0 saturated heterocycles. The summed E-state index contributed by atoms with van der Waals surface area (Å²) >= 11 is 0. The average Bonchev–Trinajstić information content (AvgIpc) is 3.05. The summed E-state index contributed by atoms with van der Waals surface area (Å²) < 4.78 is 5.54. The normalized spacial score (nSPS) is 47.2. The van der Waals surface area contributed by atoms with Crippen molar-refractivity contribution in [2.24, 2.45) is 46.3 Å². The third kappa shape index (κ3) is 4.17. The second-order valence-corrected chi connectivity index (χ2v) is 13.5. The summed E-state index contributed by atoms with van der Waals surface area (Å²) in [6.07, 6.45) is 9.79. The average molecular weight is 449 g/mol. The monoisotopic (exact) mass is 448 g/mol. The number of fused-ring (bicyclic) bond motifs is 5. The molecule has 0 heterocycles. The SMILES string of the molecule is C[C@H](CCC(=O)OC(C)(C)C)[C@H]1CC[C@H]2C3CC[C@@H]4C[C@H](O)CC[C@]4(C)[C@H]3C[C@H](O)[C@]12C. The first-order valence-corrected chi connectivity index (χ1v) is 13.4. The van der Waals surface area contributed by atoms with Gasteiger partial charge in [-0.05, 0) is 125 Å². The van der Waals surface area contributed by atoms with Crippen molar-refractivity contribution in [3.05, 3.63) is 0 Å². The Morgan fingerprint density at radius 1 is 1.03 bits per heavy atom. The van der Waals surface area contributed by atoms with E-state index in [1.807, 2.05) is 20.8 Å². The number of hydrogen-bond acceptors (Lipinski definition) is 4. The molecule has 0 aromatic rings. The van der Waals surface area contributed by atoms with Crippen LogP contribution in [-0.2, 0) is 9.53 Å². The van der Waals surface area contributed by atoms with Gasteiger partial charge in [-0.1, -0.05) is 20.8 Å². The molecule has 0 radical (unpaired) electrons.